The lowest BCUT2D eigenvalue weighted by molar-refractivity contribution is -0.143. The smallest absolute Gasteiger partial charge is 0.417 e. The summed E-state index contributed by atoms with van der Waals surface area (Å²) in [7, 11) is 1.21. The molecule has 1 heterocycles. The van der Waals surface area contributed by atoms with E-state index in [1.54, 1.807) is 0 Å². The Balaban J connectivity index is 1.71. The summed E-state index contributed by atoms with van der Waals surface area (Å²) in [6.45, 7) is 0.0573. The number of alkyl carbamates (subject to hydrolysis) is 1. The number of esters is 1. The Bertz CT molecular complexity index is 1040. The van der Waals surface area contributed by atoms with Gasteiger partial charge in [0.05, 0.1) is 12.6 Å². The maximum absolute atomic E-state index is 12.1. The molecule has 2 N–H and O–H groups in total. The van der Waals surface area contributed by atoms with E-state index in [1.165, 1.54) is 19.2 Å². The van der Waals surface area contributed by atoms with Crippen LogP contribution in [0, 0.1) is 0 Å². The lowest BCUT2D eigenvalue weighted by atomic mass is 10.1. The Labute approximate surface area is 164 Å². The molecule has 0 aliphatic heterocycles. The van der Waals surface area contributed by atoms with Gasteiger partial charge in [0.1, 0.15) is 12.6 Å². The molecular formula is C19H17ClN2O6. The fourth-order valence-corrected chi connectivity index (χ4v) is 2.87. The number of methoxy groups -OCH3 is 1. The van der Waals surface area contributed by atoms with E-state index in [2.05, 4.69) is 10.3 Å². The van der Waals surface area contributed by atoms with Crippen LogP contribution in [0.25, 0.3) is 11.1 Å². The van der Waals surface area contributed by atoms with Crippen LogP contribution in [0.5, 0.6) is 0 Å². The number of nitrogens with one attached hydrogen (secondary N) is 2. The number of H-pyrrole nitrogens is 1. The van der Waals surface area contributed by atoms with Crippen LogP contribution >= 0.6 is 11.6 Å². The number of rotatable bonds is 6. The van der Waals surface area contributed by atoms with Crippen molar-refractivity contribution in [3.05, 3.63) is 69.2 Å². The molecule has 3 rings (SSSR count). The summed E-state index contributed by atoms with van der Waals surface area (Å²) in [6.07, 6.45) is -0.749. The summed E-state index contributed by atoms with van der Waals surface area (Å²) in [5.74, 6) is -1.28. The van der Waals surface area contributed by atoms with E-state index >= 15 is 0 Å². The van der Waals surface area contributed by atoms with Gasteiger partial charge in [-0.1, -0.05) is 41.9 Å². The van der Waals surface area contributed by atoms with E-state index in [4.69, 9.17) is 25.5 Å². The minimum atomic E-state index is -1.03. The number of carbonyl (C=O) groups excluding carboxylic acids is 2. The molecule has 0 saturated heterocycles. The maximum atomic E-state index is 12.1. The number of ether oxygens (including phenoxy) is 2. The third kappa shape index (κ3) is 4.72. The number of oxazole rings is 1. The molecule has 3 aromatic rings. The highest BCUT2D eigenvalue weighted by atomic mass is 35.5. The molecule has 146 valence electrons. The van der Waals surface area contributed by atoms with Crippen molar-refractivity contribution in [3.63, 3.8) is 0 Å². The van der Waals surface area contributed by atoms with Crippen LogP contribution in [0.15, 0.2) is 51.7 Å². The van der Waals surface area contributed by atoms with E-state index in [9.17, 15) is 14.4 Å². The first kappa shape index (κ1) is 19.5. The number of carbonyl (C=O) groups is 2. The molecule has 0 bridgehead atoms. The molecule has 1 aromatic heterocycles. The van der Waals surface area contributed by atoms with Gasteiger partial charge in [0, 0.05) is 11.4 Å². The van der Waals surface area contributed by atoms with E-state index in [1.807, 2.05) is 30.3 Å². The molecule has 1 atom stereocenters. The molecule has 0 fully saturated rings. The first-order chi connectivity index (χ1) is 13.5. The lowest BCUT2D eigenvalue weighted by Crippen LogP contribution is -2.43. The molecule has 0 radical (unpaired) electrons. The molecule has 2 aromatic carbocycles. The Hall–Kier alpha value is -3.26. The summed E-state index contributed by atoms with van der Waals surface area (Å²) < 4.78 is 14.9. The standard InChI is InChI=1S/C19H17ClN2O6/c1-26-17(23)15(22-18(24)27-10-11-5-3-2-4-6-11)7-12-8-16-14(9-13(12)20)21-19(25)28-16/h2-6,8-9,15H,7,10H2,1H3,(H,21,25)(H,22,24)/t15-/m1/s1. The largest absolute Gasteiger partial charge is 0.467 e. The van der Waals surface area contributed by atoms with Gasteiger partial charge in [0.2, 0.25) is 0 Å². The van der Waals surface area contributed by atoms with Crippen molar-refractivity contribution in [1.29, 1.82) is 0 Å². The van der Waals surface area contributed by atoms with Gasteiger partial charge < -0.3 is 19.2 Å². The molecule has 8 nitrogen and oxygen atoms in total. The average molecular weight is 405 g/mol. The van der Waals surface area contributed by atoms with Crippen molar-refractivity contribution in [2.45, 2.75) is 19.1 Å². The van der Waals surface area contributed by atoms with E-state index in [0.29, 0.717) is 21.7 Å². The molecule has 1 amide bonds. The molecule has 0 spiro atoms. The fraction of sp³-hybridized carbons (Fsp3) is 0.211. The van der Waals surface area contributed by atoms with Crippen molar-refractivity contribution in [2.75, 3.05) is 7.11 Å². The third-order valence-electron chi connectivity index (χ3n) is 4.00. The van der Waals surface area contributed by atoms with Gasteiger partial charge in [-0.3, -0.25) is 4.98 Å². The second kappa shape index (κ2) is 8.62. The minimum Gasteiger partial charge on any atom is -0.467 e. The first-order valence-electron chi connectivity index (χ1n) is 8.32. The van der Waals surface area contributed by atoms with Gasteiger partial charge in [0.15, 0.2) is 5.58 Å². The van der Waals surface area contributed by atoms with Crippen LogP contribution in [-0.4, -0.2) is 30.2 Å². The van der Waals surface area contributed by atoms with E-state index in [0.717, 1.165) is 5.56 Å². The molecule has 0 unspecified atom stereocenters. The molecular weight excluding hydrogens is 388 g/mol. The highest BCUT2D eigenvalue weighted by molar-refractivity contribution is 6.32. The van der Waals surface area contributed by atoms with Crippen LogP contribution < -0.4 is 11.1 Å². The fourth-order valence-electron chi connectivity index (χ4n) is 2.63. The summed E-state index contributed by atoms with van der Waals surface area (Å²) in [5, 5.41) is 2.78. The van der Waals surface area contributed by atoms with E-state index in [-0.39, 0.29) is 13.0 Å². The van der Waals surface area contributed by atoms with Gasteiger partial charge in [-0.2, -0.15) is 0 Å². The second-order valence-electron chi connectivity index (χ2n) is 5.94. The number of fused-ring (bicyclic) bond motifs is 1. The molecule has 0 saturated carbocycles. The minimum absolute atomic E-state index is 0.0246. The predicted molar refractivity (Wildman–Crippen MR) is 101 cm³/mol. The Morgan fingerprint density at radius 2 is 2.00 bits per heavy atom. The van der Waals surface area contributed by atoms with Crippen LogP contribution in [0.1, 0.15) is 11.1 Å². The number of amides is 1. The molecule has 0 aliphatic rings. The summed E-state index contributed by atoms with van der Waals surface area (Å²) in [6, 6.07) is 11.1. The van der Waals surface area contributed by atoms with Crippen molar-refractivity contribution in [1.82, 2.24) is 10.3 Å². The summed E-state index contributed by atoms with van der Waals surface area (Å²) in [5.41, 5.74) is 2.03. The predicted octanol–water partition coefficient (Wildman–Crippen LogP) is 2.79. The second-order valence-corrected chi connectivity index (χ2v) is 6.35. The van der Waals surface area contributed by atoms with Gasteiger partial charge in [-0.05, 0) is 23.3 Å². The Kier molecular flexibility index (Phi) is 6.00. The van der Waals surface area contributed by atoms with Gasteiger partial charge in [-0.25, -0.2) is 14.4 Å². The number of halogens is 1. The zero-order valence-electron chi connectivity index (χ0n) is 14.9. The highest BCUT2D eigenvalue weighted by Gasteiger charge is 2.24. The highest BCUT2D eigenvalue weighted by Crippen LogP contribution is 2.23. The van der Waals surface area contributed by atoms with Gasteiger partial charge >= 0.3 is 17.8 Å². The molecule has 0 aliphatic carbocycles. The number of hydrogen-bond acceptors (Lipinski definition) is 6. The van der Waals surface area contributed by atoms with Crippen molar-refractivity contribution < 1.29 is 23.5 Å². The lowest BCUT2D eigenvalue weighted by Gasteiger charge is -2.17. The Morgan fingerprint density at radius 3 is 2.71 bits per heavy atom. The molecule has 28 heavy (non-hydrogen) atoms. The topological polar surface area (TPSA) is 111 Å². The third-order valence-corrected chi connectivity index (χ3v) is 4.35. The Morgan fingerprint density at radius 1 is 1.25 bits per heavy atom. The quantitative estimate of drug-likeness (QED) is 0.611. The van der Waals surface area contributed by atoms with Crippen LogP contribution in [-0.2, 0) is 27.3 Å². The number of aromatic amines is 1. The molecule has 9 heteroatoms. The number of benzene rings is 2. The monoisotopic (exact) mass is 404 g/mol. The van der Waals surface area contributed by atoms with Crippen molar-refractivity contribution in [3.8, 4) is 0 Å². The zero-order chi connectivity index (χ0) is 20.1. The normalized spacial score (nSPS) is 11.8. The first-order valence-corrected chi connectivity index (χ1v) is 8.70. The summed E-state index contributed by atoms with van der Waals surface area (Å²) >= 11 is 6.22. The summed E-state index contributed by atoms with van der Waals surface area (Å²) in [4.78, 5) is 38.0. The number of aromatic nitrogens is 1. The van der Waals surface area contributed by atoms with Crippen molar-refractivity contribution in [2.24, 2.45) is 0 Å². The van der Waals surface area contributed by atoms with Crippen molar-refractivity contribution >= 4 is 34.8 Å². The zero-order valence-corrected chi connectivity index (χ0v) is 15.6. The van der Waals surface area contributed by atoms with Crippen LogP contribution in [0.3, 0.4) is 0 Å². The van der Waals surface area contributed by atoms with Crippen LogP contribution in [0.2, 0.25) is 5.02 Å². The van der Waals surface area contributed by atoms with Gasteiger partial charge in [0.25, 0.3) is 0 Å². The van der Waals surface area contributed by atoms with E-state index < -0.39 is 23.9 Å². The van der Waals surface area contributed by atoms with Crippen LogP contribution in [0.4, 0.5) is 4.79 Å². The van der Waals surface area contributed by atoms with Gasteiger partial charge in [-0.15, -0.1) is 0 Å². The average Bonchev–Trinajstić information content (AvgIpc) is 3.05. The maximum Gasteiger partial charge on any atom is 0.417 e. The SMILES string of the molecule is COC(=O)[C@@H](Cc1cc2oc(=O)[nH]c2cc1Cl)NC(=O)OCc1ccccc1. The number of hydrogen-bond donors (Lipinski definition) is 2.